The SMILES string of the molecule is CCC(C)(C)C(NN)c1ccc(C(F)(F)F)cc1. The van der Waals surface area contributed by atoms with Crippen molar-refractivity contribution >= 4 is 0 Å². The van der Waals surface area contributed by atoms with Gasteiger partial charge in [-0.15, -0.1) is 0 Å². The molecule has 5 heteroatoms. The zero-order valence-corrected chi connectivity index (χ0v) is 10.8. The van der Waals surface area contributed by atoms with E-state index in [1.54, 1.807) is 0 Å². The van der Waals surface area contributed by atoms with Crippen molar-refractivity contribution in [2.45, 2.75) is 39.4 Å². The molecule has 102 valence electrons. The van der Waals surface area contributed by atoms with E-state index in [9.17, 15) is 13.2 Å². The first-order valence-electron chi connectivity index (χ1n) is 5.85. The van der Waals surface area contributed by atoms with Gasteiger partial charge in [0.15, 0.2) is 0 Å². The molecule has 0 fully saturated rings. The fourth-order valence-corrected chi connectivity index (χ4v) is 1.84. The molecule has 0 amide bonds. The molecular weight excluding hydrogens is 241 g/mol. The van der Waals surface area contributed by atoms with Gasteiger partial charge in [0.1, 0.15) is 0 Å². The molecule has 1 unspecified atom stereocenters. The van der Waals surface area contributed by atoms with Crippen molar-refractivity contribution in [1.82, 2.24) is 5.43 Å². The summed E-state index contributed by atoms with van der Waals surface area (Å²) in [5.41, 5.74) is 2.68. The normalized spacial score (nSPS) is 14.6. The third-order valence-electron chi connectivity index (χ3n) is 3.43. The molecule has 1 aromatic rings. The molecule has 1 rings (SSSR count). The summed E-state index contributed by atoms with van der Waals surface area (Å²) >= 11 is 0. The Hall–Kier alpha value is -1.07. The predicted molar refractivity (Wildman–Crippen MR) is 65.6 cm³/mol. The third-order valence-corrected chi connectivity index (χ3v) is 3.43. The quantitative estimate of drug-likeness (QED) is 0.640. The topological polar surface area (TPSA) is 38.0 Å². The van der Waals surface area contributed by atoms with Gasteiger partial charge in [-0.05, 0) is 29.5 Å². The van der Waals surface area contributed by atoms with E-state index in [2.05, 4.69) is 5.43 Å². The summed E-state index contributed by atoms with van der Waals surface area (Å²) in [5, 5.41) is 0. The van der Waals surface area contributed by atoms with Crippen LogP contribution < -0.4 is 11.3 Å². The van der Waals surface area contributed by atoms with Gasteiger partial charge in [0.25, 0.3) is 0 Å². The van der Waals surface area contributed by atoms with E-state index in [-0.39, 0.29) is 11.5 Å². The molecule has 0 aliphatic rings. The van der Waals surface area contributed by atoms with Gasteiger partial charge in [-0.2, -0.15) is 13.2 Å². The molecule has 0 spiro atoms. The molecular formula is C13H19F3N2. The second kappa shape index (κ2) is 5.28. The summed E-state index contributed by atoms with van der Waals surface area (Å²) in [5.74, 6) is 5.52. The van der Waals surface area contributed by atoms with E-state index < -0.39 is 11.7 Å². The molecule has 18 heavy (non-hydrogen) atoms. The zero-order chi connectivity index (χ0) is 14.0. The monoisotopic (exact) mass is 260 g/mol. The number of rotatable bonds is 4. The number of hydrogen-bond acceptors (Lipinski definition) is 2. The van der Waals surface area contributed by atoms with Gasteiger partial charge in [-0.25, -0.2) is 0 Å². The standard InChI is InChI=1S/C13H19F3N2/c1-4-12(2,3)11(18-17)9-5-7-10(8-6-9)13(14,15)16/h5-8,11,18H,4,17H2,1-3H3. The van der Waals surface area contributed by atoms with Gasteiger partial charge in [-0.1, -0.05) is 32.9 Å². The number of nitrogens with one attached hydrogen (secondary N) is 1. The number of halogens is 3. The van der Waals surface area contributed by atoms with Gasteiger partial charge >= 0.3 is 6.18 Å². The van der Waals surface area contributed by atoms with Crippen LogP contribution in [0.15, 0.2) is 24.3 Å². The van der Waals surface area contributed by atoms with Gasteiger partial charge in [-0.3, -0.25) is 11.3 Å². The predicted octanol–water partition coefficient (Wildman–Crippen LogP) is 3.65. The maximum atomic E-state index is 12.5. The number of alkyl halides is 3. The Labute approximate surface area is 105 Å². The van der Waals surface area contributed by atoms with Crippen molar-refractivity contribution in [2.24, 2.45) is 11.3 Å². The maximum absolute atomic E-state index is 12.5. The molecule has 0 bridgehead atoms. The Morgan fingerprint density at radius 3 is 2.00 bits per heavy atom. The minimum absolute atomic E-state index is 0.130. The summed E-state index contributed by atoms with van der Waals surface area (Å²) in [4.78, 5) is 0. The molecule has 1 atom stereocenters. The van der Waals surface area contributed by atoms with Gasteiger partial charge in [0, 0.05) is 0 Å². The summed E-state index contributed by atoms with van der Waals surface area (Å²) in [6.07, 6.45) is -3.44. The van der Waals surface area contributed by atoms with Crippen LogP contribution in [-0.4, -0.2) is 0 Å². The van der Waals surface area contributed by atoms with Crippen molar-refractivity contribution < 1.29 is 13.2 Å². The third kappa shape index (κ3) is 3.23. The molecule has 0 saturated carbocycles. The van der Waals surface area contributed by atoms with Crippen LogP contribution in [0.25, 0.3) is 0 Å². The first-order valence-corrected chi connectivity index (χ1v) is 5.85. The van der Waals surface area contributed by atoms with Gasteiger partial charge in [0.2, 0.25) is 0 Å². The fourth-order valence-electron chi connectivity index (χ4n) is 1.84. The molecule has 0 heterocycles. The Kier molecular flexibility index (Phi) is 4.40. The van der Waals surface area contributed by atoms with Crippen LogP contribution in [0.3, 0.4) is 0 Å². The maximum Gasteiger partial charge on any atom is 0.416 e. The van der Waals surface area contributed by atoms with Crippen LogP contribution in [0.2, 0.25) is 0 Å². The molecule has 0 saturated heterocycles. The summed E-state index contributed by atoms with van der Waals surface area (Å²) < 4.78 is 37.4. The van der Waals surface area contributed by atoms with Crippen molar-refractivity contribution in [3.05, 3.63) is 35.4 Å². The molecule has 1 aromatic carbocycles. The van der Waals surface area contributed by atoms with Crippen molar-refractivity contribution in [1.29, 1.82) is 0 Å². The summed E-state index contributed by atoms with van der Waals surface area (Å²) in [7, 11) is 0. The zero-order valence-electron chi connectivity index (χ0n) is 10.8. The van der Waals surface area contributed by atoms with E-state index in [1.807, 2.05) is 20.8 Å². The average molecular weight is 260 g/mol. The van der Waals surface area contributed by atoms with Crippen LogP contribution in [0.1, 0.15) is 44.4 Å². The molecule has 3 N–H and O–H groups in total. The Bertz CT molecular complexity index is 382. The molecule has 0 aromatic heterocycles. The van der Waals surface area contributed by atoms with Gasteiger partial charge < -0.3 is 0 Å². The number of benzene rings is 1. The van der Waals surface area contributed by atoms with Crippen molar-refractivity contribution in [2.75, 3.05) is 0 Å². The lowest BCUT2D eigenvalue weighted by Gasteiger charge is -2.33. The lowest BCUT2D eigenvalue weighted by molar-refractivity contribution is -0.137. The van der Waals surface area contributed by atoms with E-state index in [4.69, 9.17) is 5.84 Å². The molecule has 0 aliphatic carbocycles. The first kappa shape index (κ1) is 15.0. The Balaban J connectivity index is 3.03. The minimum Gasteiger partial charge on any atom is -0.271 e. The lowest BCUT2D eigenvalue weighted by Crippen LogP contribution is -2.38. The smallest absolute Gasteiger partial charge is 0.271 e. The number of hydrazine groups is 1. The van der Waals surface area contributed by atoms with Crippen LogP contribution in [-0.2, 0) is 6.18 Å². The van der Waals surface area contributed by atoms with Crippen LogP contribution in [0.4, 0.5) is 13.2 Å². The summed E-state index contributed by atoms with van der Waals surface area (Å²) in [6.45, 7) is 6.07. The van der Waals surface area contributed by atoms with Crippen LogP contribution in [0.5, 0.6) is 0 Å². The average Bonchev–Trinajstić information content (AvgIpc) is 2.29. The highest BCUT2D eigenvalue weighted by Crippen LogP contribution is 2.37. The van der Waals surface area contributed by atoms with E-state index in [0.717, 1.165) is 24.1 Å². The largest absolute Gasteiger partial charge is 0.416 e. The Morgan fingerprint density at radius 1 is 1.17 bits per heavy atom. The molecule has 0 aliphatic heterocycles. The van der Waals surface area contributed by atoms with E-state index in [0.29, 0.717) is 0 Å². The lowest BCUT2D eigenvalue weighted by atomic mass is 9.78. The second-order valence-corrected chi connectivity index (χ2v) is 5.06. The number of nitrogens with two attached hydrogens (primary N) is 1. The highest BCUT2D eigenvalue weighted by atomic mass is 19.4. The molecule has 0 radical (unpaired) electrons. The molecule has 2 nitrogen and oxygen atoms in total. The van der Waals surface area contributed by atoms with Crippen LogP contribution >= 0.6 is 0 Å². The van der Waals surface area contributed by atoms with Crippen LogP contribution in [0, 0.1) is 5.41 Å². The van der Waals surface area contributed by atoms with E-state index >= 15 is 0 Å². The highest BCUT2D eigenvalue weighted by molar-refractivity contribution is 5.27. The summed E-state index contributed by atoms with van der Waals surface area (Å²) in [6, 6.07) is 4.96. The van der Waals surface area contributed by atoms with Crippen molar-refractivity contribution in [3.63, 3.8) is 0 Å². The highest BCUT2D eigenvalue weighted by Gasteiger charge is 2.32. The fraction of sp³-hybridized carbons (Fsp3) is 0.538. The van der Waals surface area contributed by atoms with E-state index in [1.165, 1.54) is 12.1 Å². The second-order valence-electron chi connectivity index (χ2n) is 5.06. The minimum atomic E-state index is -4.30. The number of hydrogen-bond donors (Lipinski definition) is 2. The van der Waals surface area contributed by atoms with Crippen molar-refractivity contribution in [3.8, 4) is 0 Å². The Morgan fingerprint density at radius 2 is 1.67 bits per heavy atom. The first-order chi connectivity index (χ1) is 8.22. The van der Waals surface area contributed by atoms with Gasteiger partial charge in [0.05, 0.1) is 11.6 Å².